The molecule has 0 fully saturated rings. The molecule has 0 radical (unpaired) electrons. The first kappa shape index (κ1) is 13.2. The summed E-state index contributed by atoms with van der Waals surface area (Å²) in [6, 6.07) is 13.1. The lowest BCUT2D eigenvalue weighted by molar-refractivity contribution is 0.104. The second-order valence-corrected chi connectivity index (χ2v) is 4.72. The Bertz CT molecular complexity index is 707. The number of para-hydroxylation sites is 1. The van der Waals surface area contributed by atoms with Crippen LogP contribution in [0.3, 0.4) is 0 Å². The number of aryl methyl sites for hydroxylation is 1. The van der Waals surface area contributed by atoms with Crippen molar-refractivity contribution in [2.45, 2.75) is 6.92 Å². The van der Waals surface area contributed by atoms with Gasteiger partial charge < -0.3 is 14.8 Å². The van der Waals surface area contributed by atoms with E-state index in [0.29, 0.717) is 17.1 Å². The number of allylic oxidation sites excluding steroid dienone is 1. The van der Waals surface area contributed by atoms with Crippen molar-refractivity contribution in [3.8, 4) is 11.5 Å². The van der Waals surface area contributed by atoms with Crippen LogP contribution < -0.4 is 14.8 Å². The lowest BCUT2D eigenvalue weighted by atomic mass is 10.1. The first-order valence-corrected chi connectivity index (χ1v) is 6.67. The van der Waals surface area contributed by atoms with Crippen molar-refractivity contribution in [1.82, 2.24) is 0 Å². The van der Waals surface area contributed by atoms with Crippen LogP contribution in [0.25, 0.3) is 0 Å². The van der Waals surface area contributed by atoms with E-state index < -0.39 is 0 Å². The highest BCUT2D eigenvalue weighted by Crippen LogP contribution is 2.32. The van der Waals surface area contributed by atoms with Gasteiger partial charge in [0, 0.05) is 23.5 Å². The van der Waals surface area contributed by atoms with E-state index in [4.69, 9.17) is 9.47 Å². The van der Waals surface area contributed by atoms with E-state index in [1.54, 1.807) is 24.4 Å². The molecule has 0 saturated heterocycles. The monoisotopic (exact) mass is 281 g/mol. The number of carbonyl (C=O) groups excluding carboxylic acids is 1. The lowest BCUT2D eigenvalue weighted by Crippen LogP contribution is -1.97. The molecular weight excluding hydrogens is 266 g/mol. The molecule has 4 heteroatoms. The van der Waals surface area contributed by atoms with Crippen molar-refractivity contribution in [3.63, 3.8) is 0 Å². The molecule has 0 unspecified atom stereocenters. The zero-order valence-corrected chi connectivity index (χ0v) is 11.6. The second-order valence-electron chi connectivity index (χ2n) is 4.72. The molecule has 0 aromatic heterocycles. The fraction of sp³-hybridized carbons (Fsp3) is 0.118. The fourth-order valence-electron chi connectivity index (χ4n) is 2.09. The van der Waals surface area contributed by atoms with E-state index in [1.165, 1.54) is 6.08 Å². The van der Waals surface area contributed by atoms with E-state index in [9.17, 15) is 4.79 Å². The van der Waals surface area contributed by atoms with Crippen LogP contribution in [-0.4, -0.2) is 12.6 Å². The van der Waals surface area contributed by atoms with E-state index in [1.807, 2.05) is 31.2 Å². The minimum absolute atomic E-state index is 0.0885. The smallest absolute Gasteiger partial charge is 0.231 e. The fourth-order valence-corrected chi connectivity index (χ4v) is 2.09. The summed E-state index contributed by atoms with van der Waals surface area (Å²) < 4.78 is 10.5. The molecule has 106 valence electrons. The summed E-state index contributed by atoms with van der Waals surface area (Å²) in [6.07, 6.45) is 3.15. The number of benzene rings is 2. The Labute approximate surface area is 123 Å². The Morgan fingerprint density at radius 3 is 2.81 bits per heavy atom. The maximum Gasteiger partial charge on any atom is 0.231 e. The van der Waals surface area contributed by atoms with Crippen LogP contribution in [0.5, 0.6) is 11.5 Å². The molecule has 0 aliphatic carbocycles. The Kier molecular flexibility index (Phi) is 3.60. The third kappa shape index (κ3) is 2.89. The van der Waals surface area contributed by atoms with Gasteiger partial charge in [-0.15, -0.1) is 0 Å². The van der Waals surface area contributed by atoms with E-state index in [2.05, 4.69) is 5.32 Å². The van der Waals surface area contributed by atoms with Gasteiger partial charge in [-0.3, -0.25) is 4.79 Å². The number of ketones is 1. The first-order chi connectivity index (χ1) is 10.2. The summed E-state index contributed by atoms with van der Waals surface area (Å²) in [5.74, 6) is 1.20. The average Bonchev–Trinajstić information content (AvgIpc) is 2.96. The molecule has 0 atom stereocenters. The molecule has 0 saturated carbocycles. The highest BCUT2D eigenvalue weighted by molar-refractivity contribution is 6.05. The van der Waals surface area contributed by atoms with Gasteiger partial charge in [0.2, 0.25) is 6.79 Å². The van der Waals surface area contributed by atoms with Crippen molar-refractivity contribution >= 4 is 11.5 Å². The molecular formula is C17H15NO3. The summed E-state index contributed by atoms with van der Waals surface area (Å²) in [5, 5.41) is 3.11. The molecule has 0 spiro atoms. The Balaban J connectivity index is 1.69. The number of nitrogens with one attached hydrogen (secondary N) is 1. The van der Waals surface area contributed by atoms with Crippen LogP contribution in [0.4, 0.5) is 5.69 Å². The van der Waals surface area contributed by atoms with Crippen LogP contribution in [0, 0.1) is 6.92 Å². The quantitative estimate of drug-likeness (QED) is 0.688. The second kappa shape index (κ2) is 5.71. The van der Waals surface area contributed by atoms with Crippen molar-refractivity contribution in [3.05, 3.63) is 65.9 Å². The number of hydrogen-bond donors (Lipinski definition) is 1. The molecule has 1 aliphatic rings. The van der Waals surface area contributed by atoms with Gasteiger partial charge in [-0.05, 0) is 36.8 Å². The maximum absolute atomic E-state index is 12.1. The number of anilines is 1. The number of carbonyl (C=O) groups is 1. The van der Waals surface area contributed by atoms with Gasteiger partial charge in [-0.2, -0.15) is 0 Å². The maximum atomic E-state index is 12.1. The Morgan fingerprint density at radius 1 is 1.14 bits per heavy atom. The lowest BCUT2D eigenvalue weighted by Gasteiger charge is -2.04. The molecule has 21 heavy (non-hydrogen) atoms. The molecule has 2 aromatic rings. The van der Waals surface area contributed by atoms with Crippen LogP contribution >= 0.6 is 0 Å². The summed E-state index contributed by atoms with van der Waals surface area (Å²) in [5.41, 5.74) is 2.67. The zero-order valence-electron chi connectivity index (χ0n) is 11.6. The normalized spacial score (nSPS) is 12.6. The van der Waals surface area contributed by atoms with Crippen LogP contribution in [0.1, 0.15) is 15.9 Å². The van der Waals surface area contributed by atoms with Gasteiger partial charge in [0.05, 0.1) is 0 Å². The van der Waals surface area contributed by atoms with Crippen molar-refractivity contribution in [2.24, 2.45) is 0 Å². The number of ether oxygens (including phenoxy) is 2. The summed E-state index contributed by atoms with van der Waals surface area (Å²) >= 11 is 0. The van der Waals surface area contributed by atoms with E-state index in [0.717, 1.165) is 11.3 Å². The Morgan fingerprint density at radius 2 is 1.95 bits per heavy atom. The SMILES string of the molecule is Cc1ccccc1NC=CC(=O)c1ccc2c(c1)OCO2. The predicted octanol–water partition coefficient (Wildman–Crippen LogP) is 3.53. The van der Waals surface area contributed by atoms with Crippen molar-refractivity contribution < 1.29 is 14.3 Å². The summed E-state index contributed by atoms with van der Waals surface area (Å²) in [4.78, 5) is 12.1. The third-order valence-electron chi connectivity index (χ3n) is 3.28. The molecule has 4 nitrogen and oxygen atoms in total. The summed E-state index contributed by atoms with van der Waals surface area (Å²) in [7, 11) is 0. The molecule has 0 amide bonds. The van der Waals surface area contributed by atoms with Crippen LogP contribution in [0.2, 0.25) is 0 Å². The van der Waals surface area contributed by atoms with Gasteiger partial charge in [-0.1, -0.05) is 18.2 Å². The predicted molar refractivity (Wildman–Crippen MR) is 80.8 cm³/mol. The van der Waals surface area contributed by atoms with E-state index in [-0.39, 0.29) is 12.6 Å². The standard InChI is InChI=1S/C17H15NO3/c1-12-4-2-3-5-14(12)18-9-8-15(19)13-6-7-16-17(10-13)21-11-20-16/h2-10,18H,11H2,1H3. The van der Waals surface area contributed by atoms with Crippen molar-refractivity contribution in [1.29, 1.82) is 0 Å². The molecule has 1 heterocycles. The minimum Gasteiger partial charge on any atom is -0.454 e. The number of hydrogen-bond acceptors (Lipinski definition) is 4. The number of rotatable bonds is 4. The highest BCUT2D eigenvalue weighted by Gasteiger charge is 2.14. The molecule has 1 aliphatic heterocycles. The van der Waals surface area contributed by atoms with Gasteiger partial charge >= 0.3 is 0 Å². The van der Waals surface area contributed by atoms with Gasteiger partial charge in [0.1, 0.15) is 0 Å². The minimum atomic E-state index is -0.0885. The molecule has 0 bridgehead atoms. The van der Waals surface area contributed by atoms with Crippen molar-refractivity contribution in [2.75, 3.05) is 12.1 Å². The van der Waals surface area contributed by atoms with Crippen LogP contribution in [-0.2, 0) is 0 Å². The number of fused-ring (bicyclic) bond motifs is 1. The highest BCUT2D eigenvalue weighted by atomic mass is 16.7. The molecule has 1 N–H and O–H groups in total. The largest absolute Gasteiger partial charge is 0.454 e. The van der Waals surface area contributed by atoms with Gasteiger partial charge in [0.25, 0.3) is 0 Å². The zero-order chi connectivity index (χ0) is 14.7. The topological polar surface area (TPSA) is 47.6 Å². The third-order valence-corrected chi connectivity index (χ3v) is 3.28. The van der Waals surface area contributed by atoms with E-state index >= 15 is 0 Å². The first-order valence-electron chi connectivity index (χ1n) is 6.67. The Hall–Kier alpha value is -2.75. The summed E-state index contributed by atoms with van der Waals surface area (Å²) in [6.45, 7) is 2.22. The average molecular weight is 281 g/mol. The van der Waals surface area contributed by atoms with Gasteiger partial charge in [-0.25, -0.2) is 0 Å². The molecule has 2 aromatic carbocycles. The molecule has 3 rings (SSSR count). The van der Waals surface area contributed by atoms with Gasteiger partial charge in [0.15, 0.2) is 17.3 Å². The van der Waals surface area contributed by atoms with Crippen LogP contribution in [0.15, 0.2) is 54.7 Å².